The summed E-state index contributed by atoms with van der Waals surface area (Å²) in [6.45, 7) is 4.04. The molecule has 0 atom stereocenters. The van der Waals surface area contributed by atoms with Crippen LogP contribution < -0.4 is 5.32 Å². The minimum absolute atomic E-state index is 0. The van der Waals surface area contributed by atoms with Crippen LogP contribution in [0, 0.1) is 5.82 Å². The van der Waals surface area contributed by atoms with Crippen molar-refractivity contribution in [1.29, 1.82) is 0 Å². The van der Waals surface area contributed by atoms with E-state index in [2.05, 4.69) is 12.2 Å². The molecule has 0 saturated heterocycles. The molecule has 0 radical (unpaired) electrons. The molecule has 1 N–H and O–H groups in total. The zero-order valence-electron chi connectivity index (χ0n) is 8.42. The lowest BCUT2D eigenvalue weighted by Crippen LogP contribution is -2.14. The summed E-state index contributed by atoms with van der Waals surface area (Å²) in [5.41, 5.74) is 1.14. The van der Waals surface area contributed by atoms with Crippen LogP contribution in [0.25, 0.3) is 0 Å². The highest BCUT2D eigenvalue weighted by molar-refractivity contribution is 5.85. The molecule has 0 amide bonds. The first kappa shape index (κ1) is 13.4. The third-order valence-corrected chi connectivity index (χ3v) is 1.95. The minimum atomic E-state index is -0.169. The zero-order valence-corrected chi connectivity index (χ0v) is 9.24. The second kappa shape index (κ2) is 7.77. The maximum atomic E-state index is 12.5. The maximum Gasteiger partial charge on any atom is 0.123 e. The molecular formula is C11H17ClFN. The predicted octanol–water partition coefficient (Wildman–Crippen LogP) is 3.14. The number of rotatable bonds is 5. The van der Waals surface area contributed by atoms with Gasteiger partial charge in [0.05, 0.1) is 0 Å². The summed E-state index contributed by atoms with van der Waals surface area (Å²) in [4.78, 5) is 0. The Hall–Kier alpha value is -0.600. The summed E-state index contributed by atoms with van der Waals surface area (Å²) >= 11 is 0. The van der Waals surface area contributed by atoms with Crippen LogP contribution in [-0.4, -0.2) is 6.54 Å². The Kier molecular flexibility index (Phi) is 7.44. The molecule has 0 spiro atoms. The predicted molar refractivity (Wildman–Crippen MR) is 60.3 cm³/mol. The lowest BCUT2D eigenvalue weighted by molar-refractivity contribution is 0.621. The van der Waals surface area contributed by atoms with E-state index in [1.54, 1.807) is 0 Å². The molecule has 0 heterocycles. The molecule has 0 aliphatic heterocycles. The number of unbranched alkanes of at least 4 members (excludes halogenated alkanes) is 1. The first-order valence-corrected chi connectivity index (χ1v) is 4.78. The standard InChI is InChI=1S/C11H16FN.ClH/c1-2-3-8-13-9-10-4-6-11(12)7-5-10;/h4-7,13H,2-3,8-9H2,1H3;1H. The first-order chi connectivity index (χ1) is 6.33. The molecule has 14 heavy (non-hydrogen) atoms. The molecule has 1 aromatic carbocycles. The Morgan fingerprint density at radius 2 is 1.86 bits per heavy atom. The molecular weight excluding hydrogens is 201 g/mol. The van der Waals surface area contributed by atoms with E-state index < -0.39 is 0 Å². The van der Waals surface area contributed by atoms with Gasteiger partial charge in [-0.05, 0) is 30.7 Å². The second-order valence-corrected chi connectivity index (χ2v) is 3.16. The van der Waals surface area contributed by atoms with Gasteiger partial charge in [0.2, 0.25) is 0 Å². The van der Waals surface area contributed by atoms with Gasteiger partial charge in [0.25, 0.3) is 0 Å². The van der Waals surface area contributed by atoms with Gasteiger partial charge >= 0.3 is 0 Å². The highest BCUT2D eigenvalue weighted by Crippen LogP contribution is 2.01. The van der Waals surface area contributed by atoms with Crippen LogP contribution in [-0.2, 0) is 6.54 Å². The molecule has 0 aliphatic carbocycles. The van der Waals surface area contributed by atoms with Gasteiger partial charge in [0.15, 0.2) is 0 Å². The fourth-order valence-corrected chi connectivity index (χ4v) is 1.14. The highest BCUT2D eigenvalue weighted by Gasteiger charge is 1.92. The number of hydrogen-bond donors (Lipinski definition) is 1. The van der Waals surface area contributed by atoms with Gasteiger partial charge in [-0.1, -0.05) is 25.5 Å². The Morgan fingerprint density at radius 3 is 2.43 bits per heavy atom. The Labute approximate surface area is 91.1 Å². The van der Waals surface area contributed by atoms with E-state index in [1.165, 1.54) is 25.0 Å². The van der Waals surface area contributed by atoms with E-state index >= 15 is 0 Å². The summed E-state index contributed by atoms with van der Waals surface area (Å²) in [5, 5.41) is 3.30. The van der Waals surface area contributed by atoms with Crippen molar-refractivity contribution in [2.75, 3.05) is 6.54 Å². The van der Waals surface area contributed by atoms with E-state index in [1.807, 2.05) is 12.1 Å². The van der Waals surface area contributed by atoms with E-state index in [0.29, 0.717) is 0 Å². The van der Waals surface area contributed by atoms with E-state index in [0.717, 1.165) is 18.7 Å². The molecule has 1 rings (SSSR count). The van der Waals surface area contributed by atoms with Crippen LogP contribution in [0.3, 0.4) is 0 Å². The molecule has 0 fully saturated rings. The third-order valence-electron chi connectivity index (χ3n) is 1.95. The molecule has 0 aromatic heterocycles. The fourth-order valence-electron chi connectivity index (χ4n) is 1.14. The summed E-state index contributed by atoms with van der Waals surface area (Å²) in [5.74, 6) is -0.169. The fraction of sp³-hybridized carbons (Fsp3) is 0.455. The normalized spacial score (nSPS) is 9.57. The van der Waals surface area contributed by atoms with Crippen LogP contribution in [0.5, 0.6) is 0 Å². The zero-order chi connectivity index (χ0) is 9.52. The largest absolute Gasteiger partial charge is 0.313 e. The van der Waals surface area contributed by atoms with Crippen molar-refractivity contribution >= 4 is 12.4 Å². The molecule has 1 nitrogen and oxygen atoms in total. The Balaban J connectivity index is 0.00000169. The number of nitrogens with one attached hydrogen (secondary N) is 1. The van der Waals surface area contributed by atoms with Crippen LogP contribution in [0.2, 0.25) is 0 Å². The van der Waals surface area contributed by atoms with Crippen LogP contribution in [0.1, 0.15) is 25.3 Å². The van der Waals surface area contributed by atoms with Gasteiger partial charge in [-0.3, -0.25) is 0 Å². The number of hydrogen-bond acceptors (Lipinski definition) is 1. The molecule has 3 heteroatoms. The molecule has 0 aliphatic rings. The molecule has 0 unspecified atom stereocenters. The summed E-state index contributed by atoms with van der Waals surface area (Å²) in [7, 11) is 0. The quantitative estimate of drug-likeness (QED) is 0.748. The number of halogens is 2. The Bertz CT molecular complexity index is 236. The van der Waals surface area contributed by atoms with Gasteiger partial charge < -0.3 is 5.32 Å². The van der Waals surface area contributed by atoms with Crippen molar-refractivity contribution < 1.29 is 4.39 Å². The summed E-state index contributed by atoms with van der Waals surface area (Å²) in [6, 6.07) is 6.62. The van der Waals surface area contributed by atoms with E-state index in [-0.39, 0.29) is 18.2 Å². The van der Waals surface area contributed by atoms with Crippen LogP contribution >= 0.6 is 12.4 Å². The molecule has 0 bridgehead atoms. The highest BCUT2D eigenvalue weighted by atomic mass is 35.5. The second-order valence-electron chi connectivity index (χ2n) is 3.16. The summed E-state index contributed by atoms with van der Waals surface area (Å²) < 4.78 is 12.5. The van der Waals surface area contributed by atoms with Crippen LogP contribution in [0.4, 0.5) is 4.39 Å². The van der Waals surface area contributed by atoms with Gasteiger partial charge in [0.1, 0.15) is 5.82 Å². The minimum Gasteiger partial charge on any atom is -0.313 e. The van der Waals surface area contributed by atoms with Gasteiger partial charge in [-0.15, -0.1) is 12.4 Å². The van der Waals surface area contributed by atoms with Crippen molar-refractivity contribution in [2.24, 2.45) is 0 Å². The van der Waals surface area contributed by atoms with E-state index in [9.17, 15) is 4.39 Å². The third kappa shape index (κ3) is 5.20. The lowest BCUT2D eigenvalue weighted by Gasteiger charge is -2.03. The maximum absolute atomic E-state index is 12.5. The van der Waals surface area contributed by atoms with Crippen molar-refractivity contribution in [3.05, 3.63) is 35.6 Å². The topological polar surface area (TPSA) is 12.0 Å². The SMILES string of the molecule is CCCCNCc1ccc(F)cc1.Cl. The smallest absolute Gasteiger partial charge is 0.123 e. The van der Waals surface area contributed by atoms with Crippen molar-refractivity contribution in [1.82, 2.24) is 5.32 Å². The lowest BCUT2D eigenvalue weighted by atomic mass is 10.2. The molecule has 1 aromatic rings. The van der Waals surface area contributed by atoms with Crippen molar-refractivity contribution in [3.8, 4) is 0 Å². The van der Waals surface area contributed by atoms with Gasteiger partial charge in [-0.25, -0.2) is 4.39 Å². The Morgan fingerprint density at radius 1 is 1.21 bits per heavy atom. The van der Waals surface area contributed by atoms with Crippen molar-refractivity contribution in [2.45, 2.75) is 26.3 Å². The molecule has 0 saturated carbocycles. The van der Waals surface area contributed by atoms with Gasteiger partial charge in [-0.2, -0.15) is 0 Å². The van der Waals surface area contributed by atoms with Crippen LogP contribution in [0.15, 0.2) is 24.3 Å². The first-order valence-electron chi connectivity index (χ1n) is 4.78. The summed E-state index contributed by atoms with van der Waals surface area (Å²) in [6.07, 6.45) is 2.40. The van der Waals surface area contributed by atoms with Gasteiger partial charge in [0, 0.05) is 6.54 Å². The monoisotopic (exact) mass is 217 g/mol. The molecule has 80 valence electrons. The van der Waals surface area contributed by atoms with E-state index in [4.69, 9.17) is 0 Å². The number of benzene rings is 1. The van der Waals surface area contributed by atoms with Crippen molar-refractivity contribution in [3.63, 3.8) is 0 Å². The average Bonchev–Trinajstić information content (AvgIpc) is 2.15. The average molecular weight is 218 g/mol.